The minimum atomic E-state index is -0.618. The molecule has 5 nitrogen and oxygen atoms in total. The second kappa shape index (κ2) is 11.8. The van der Waals surface area contributed by atoms with E-state index < -0.39 is 24.1 Å². The molecule has 148 valence electrons. The van der Waals surface area contributed by atoms with Gasteiger partial charge in [0.15, 0.2) is 0 Å². The molecule has 2 aromatic rings. The number of hydrogen-bond donors (Lipinski definition) is 0. The molecule has 0 amide bonds. The van der Waals surface area contributed by atoms with Gasteiger partial charge in [0.2, 0.25) is 0 Å². The van der Waals surface area contributed by atoms with Gasteiger partial charge >= 0.3 is 11.9 Å². The number of esters is 2. The fraction of sp³-hybridized carbons (Fsp3) is 0.304. The first-order chi connectivity index (χ1) is 13.6. The van der Waals surface area contributed by atoms with Crippen molar-refractivity contribution in [3.63, 3.8) is 0 Å². The van der Waals surface area contributed by atoms with Gasteiger partial charge in [0.25, 0.3) is 0 Å². The zero-order valence-corrected chi connectivity index (χ0v) is 16.1. The van der Waals surface area contributed by atoms with Crippen LogP contribution < -0.4 is 0 Å². The third kappa shape index (κ3) is 7.86. The Bertz CT molecular complexity index is 742. The maximum atomic E-state index is 11.8. The van der Waals surface area contributed by atoms with Crippen molar-refractivity contribution < 1.29 is 23.8 Å². The molecule has 5 heteroatoms. The van der Waals surface area contributed by atoms with Gasteiger partial charge in [0, 0.05) is 13.3 Å². The van der Waals surface area contributed by atoms with E-state index >= 15 is 0 Å². The lowest BCUT2D eigenvalue weighted by Gasteiger charge is -2.25. The smallest absolute Gasteiger partial charge is 0.313 e. The average Bonchev–Trinajstić information content (AvgIpc) is 2.70. The van der Waals surface area contributed by atoms with Crippen LogP contribution in [-0.4, -0.2) is 24.1 Å². The summed E-state index contributed by atoms with van der Waals surface area (Å²) in [4.78, 5) is 22.7. The second-order valence-corrected chi connectivity index (χ2v) is 6.34. The number of carbonyl (C=O) groups excluding carboxylic acids is 2. The molecule has 0 saturated heterocycles. The van der Waals surface area contributed by atoms with E-state index in [1.165, 1.54) is 6.92 Å². The summed E-state index contributed by atoms with van der Waals surface area (Å²) < 4.78 is 16.6. The Hall–Kier alpha value is -2.76. The van der Waals surface area contributed by atoms with E-state index in [-0.39, 0.29) is 6.42 Å². The molecule has 0 N–H and O–H groups in total. The van der Waals surface area contributed by atoms with Crippen molar-refractivity contribution >= 4 is 11.9 Å². The summed E-state index contributed by atoms with van der Waals surface area (Å²) in [5.41, 5.74) is 2.05. The van der Waals surface area contributed by atoms with Gasteiger partial charge in [-0.05, 0) is 17.5 Å². The van der Waals surface area contributed by atoms with E-state index in [0.29, 0.717) is 19.6 Å². The molecule has 0 saturated carbocycles. The number of hydrogen-bond acceptors (Lipinski definition) is 5. The lowest BCUT2D eigenvalue weighted by Crippen LogP contribution is -2.31. The zero-order chi connectivity index (χ0) is 20.2. The predicted molar refractivity (Wildman–Crippen MR) is 106 cm³/mol. The Balaban J connectivity index is 1.99. The molecule has 0 aromatic heterocycles. The van der Waals surface area contributed by atoms with E-state index in [1.807, 2.05) is 60.7 Å². The van der Waals surface area contributed by atoms with Crippen LogP contribution in [0.25, 0.3) is 0 Å². The zero-order valence-electron chi connectivity index (χ0n) is 16.1. The molecular formula is C23H26O5. The molecule has 0 aliphatic heterocycles. The van der Waals surface area contributed by atoms with Gasteiger partial charge in [-0.2, -0.15) is 0 Å². The SMILES string of the molecule is C=CC(OCc1ccccc1)C(CCC(=O)OC(C)=O)OCc1ccccc1. The molecule has 2 aromatic carbocycles. The Morgan fingerprint density at radius 1 is 0.929 bits per heavy atom. The molecule has 28 heavy (non-hydrogen) atoms. The molecule has 0 spiro atoms. The van der Waals surface area contributed by atoms with Gasteiger partial charge in [0.05, 0.1) is 19.3 Å². The van der Waals surface area contributed by atoms with Crippen LogP contribution in [0.4, 0.5) is 0 Å². The summed E-state index contributed by atoms with van der Waals surface area (Å²) in [6.45, 7) is 5.84. The number of ether oxygens (including phenoxy) is 3. The maximum absolute atomic E-state index is 11.8. The van der Waals surface area contributed by atoms with Crippen LogP contribution in [0.5, 0.6) is 0 Å². The highest BCUT2D eigenvalue weighted by Crippen LogP contribution is 2.17. The van der Waals surface area contributed by atoms with Gasteiger partial charge in [0.1, 0.15) is 6.10 Å². The average molecular weight is 382 g/mol. The third-order valence-corrected chi connectivity index (χ3v) is 4.08. The monoisotopic (exact) mass is 382 g/mol. The summed E-state index contributed by atoms with van der Waals surface area (Å²) in [6, 6.07) is 19.5. The van der Waals surface area contributed by atoms with Crippen LogP contribution in [0, 0.1) is 0 Å². The normalized spacial score (nSPS) is 12.8. The molecule has 0 aliphatic carbocycles. The Morgan fingerprint density at radius 2 is 1.46 bits per heavy atom. The minimum absolute atomic E-state index is 0.0536. The molecule has 0 bridgehead atoms. The first-order valence-corrected chi connectivity index (χ1v) is 9.23. The van der Waals surface area contributed by atoms with Gasteiger partial charge < -0.3 is 14.2 Å². The van der Waals surface area contributed by atoms with E-state index in [1.54, 1.807) is 6.08 Å². The van der Waals surface area contributed by atoms with Crippen LogP contribution in [0.3, 0.4) is 0 Å². The van der Waals surface area contributed by atoms with Crippen LogP contribution in [-0.2, 0) is 37.0 Å². The first kappa shape index (κ1) is 21.5. The van der Waals surface area contributed by atoms with Crippen molar-refractivity contribution in [3.05, 3.63) is 84.4 Å². The minimum Gasteiger partial charge on any atom is -0.393 e. The molecule has 2 atom stereocenters. The molecule has 0 fully saturated rings. The summed E-state index contributed by atoms with van der Waals surface area (Å²) in [5, 5.41) is 0. The molecule has 0 radical (unpaired) electrons. The lowest BCUT2D eigenvalue weighted by atomic mass is 10.1. The Labute approximate surface area is 165 Å². The Kier molecular flexibility index (Phi) is 9.11. The maximum Gasteiger partial charge on any atom is 0.313 e. The fourth-order valence-corrected chi connectivity index (χ4v) is 2.69. The molecule has 0 heterocycles. The number of carbonyl (C=O) groups is 2. The molecule has 0 aliphatic rings. The standard InChI is InChI=1S/C23H26O5/c1-3-21(26-16-19-10-6-4-7-11-19)22(14-15-23(25)28-18(2)24)27-17-20-12-8-5-9-13-20/h3-13,21-22H,1,14-17H2,2H3. The van der Waals surface area contributed by atoms with E-state index in [9.17, 15) is 9.59 Å². The van der Waals surface area contributed by atoms with Crippen molar-refractivity contribution in [1.82, 2.24) is 0 Å². The number of rotatable bonds is 11. The van der Waals surface area contributed by atoms with Gasteiger partial charge in [-0.25, -0.2) is 0 Å². The van der Waals surface area contributed by atoms with Crippen LogP contribution >= 0.6 is 0 Å². The van der Waals surface area contributed by atoms with Crippen molar-refractivity contribution in [3.8, 4) is 0 Å². The molecular weight excluding hydrogens is 356 g/mol. The van der Waals surface area contributed by atoms with Crippen molar-refractivity contribution in [2.75, 3.05) is 0 Å². The van der Waals surface area contributed by atoms with Crippen LogP contribution in [0.2, 0.25) is 0 Å². The van der Waals surface area contributed by atoms with Gasteiger partial charge in [-0.1, -0.05) is 66.7 Å². The second-order valence-electron chi connectivity index (χ2n) is 6.34. The lowest BCUT2D eigenvalue weighted by molar-refractivity contribution is -0.159. The topological polar surface area (TPSA) is 61.8 Å². The highest BCUT2D eigenvalue weighted by molar-refractivity contribution is 5.84. The predicted octanol–water partition coefficient (Wildman–Crippen LogP) is 4.21. The summed E-state index contributed by atoms with van der Waals surface area (Å²) in [5.74, 6) is -1.20. The summed E-state index contributed by atoms with van der Waals surface area (Å²) >= 11 is 0. The van der Waals surface area contributed by atoms with Gasteiger partial charge in [-0.3, -0.25) is 9.59 Å². The highest BCUT2D eigenvalue weighted by atomic mass is 16.6. The highest BCUT2D eigenvalue weighted by Gasteiger charge is 2.22. The van der Waals surface area contributed by atoms with Crippen molar-refractivity contribution in [2.24, 2.45) is 0 Å². The van der Waals surface area contributed by atoms with Crippen LogP contribution in [0.1, 0.15) is 30.9 Å². The molecule has 2 rings (SSSR count). The first-order valence-electron chi connectivity index (χ1n) is 9.23. The Morgan fingerprint density at radius 3 is 1.96 bits per heavy atom. The van der Waals surface area contributed by atoms with Gasteiger partial charge in [-0.15, -0.1) is 6.58 Å². The van der Waals surface area contributed by atoms with Crippen molar-refractivity contribution in [1.29, 1.82) is 0 Å². The summed E-state index contributed by atoms with van der Waals surface area (Å²) in [7, 11) is 0. The number of benzene rings is 2. The molecule has 2 unspecified atom stereocenters. The van der Waals surface area contributed by atoms with E-state index in [4.69, 9.17) is 9.47 Å². The summed E-state index contributed by atoms with van der Waals surface area (Å²) in [6.07, 6.45) is 1.27. The van der Waals surface area contributed by atoms with E-state index in [0.717, 1.165) is 11.1 Å². The van der Waals surface area contributed by atoms with E-state index in [2.05, 4.69) is 11.3 Å². The van der Waals surface area contributed by atoms with Crippen LogP contribution in [0.15, 0.2) is 73.3 Å². The van der Waals surface area contributed by atoms with Crippen molar-refractivity contribution in [2.45, 2.75) is 45.2 Å². The quantitative estimate of drug-likeness (QED) is 0.331. The fourth-order valence-electron chi connectivity index (χ4n) is 2.69. The third-order valence-electron chi connectivity index (χ3n) is 4.08. The largest absolute Gasteiger partial charge is 0.393 e.